The van der Waals surface area contributed by atoms with Gasteiger partial charge in [-0.15, -0.1) is 42.1 Å². The Balaban J connectivity index is 0.00000158. The molecule has 0 fully saturated rings. The molecular formula is C26H16N3Na3O10S3. The summed E-state index contributed by atoms with van der Waals surface area (Å²) in [6.45, 7) is 0. The van der Waals surface area contributed by atoms with Gasteiger partial charge < -0.3 is 15.0 Å². The molecule has 0 aliphatic carbocycles. The van der Waals surface area contributed by atoms with Crippen molar-refractivity contribution in [3.63, 3.8) is 0 Å². The van der Waals surface area contributed by atoms with E-state index in [1.165, 1.54) is 18.2 Å². The second-order valence-corrected chi connectivity index (χ2v) is 10.0. The number of benzene rings is 5. The molecule has 0 aromatic heterocycles. The SMILES string of the molecule is O=S(=O)([O-])c1cccc2c(N=Nc3c[c-]cc4c[c-]cc(O)c34)ccc(Nc3ccccc3)c12.O=S(=O)=O.O=S(=O)=O.[Na+].[Na+].[Na+]. The van der Waals surface area contributed by atoms with Crippen LogP contribution in [0.4, 0.5) is 22.7 Å². The molecular weight excluding hydrogens is 679 g/mol. The van der Waals surface area contributed by atoms with Gasteiger partial charge in [0.15, 0.2) is 0 Å². The maximum absolute atomic E-state index is 12.1. The van der Waals surface area contributed by atoms with E-state index in [9.17, 15) is 18.1 Å². The van der Waals surface area contributed by atoms with Crippen molar-refractivity contribution >= 4 is 75.6 Å². The summed E-state index contributed by atoms with van der Waals surface area (Å²) < 4.78 is 86.8. The van der Waals surface area contributed by atoms with Crippen molar-refractivity contribution in [2.75, 3.05) is 5.32 Å². The number of para-hydroxylation sites is 1. The van der Waals surface area contributed by atoms with Crippen LogP contribution < -0.4 is 94.0 Å². The van der Waals surface area contributed by atoms with Crippen molar-refractivity contribution in [1.29, 1.82) is 0 Å². The molecule has 0 amide bonds. The van der Waals surface area contributed by atoms with E-state index in [1.54, 1.807) is 36.4 Å². The van der Waals surface area contributed by atoms with Crippen LogP contribution in [0.3, 0.4) is 0 Å². The Morgan fingerprint density at radius 1 is 0.689 bits per heavy atom. The van der Waals surface area contributed by atoms with E-state index in [1.807, 2.05) is 30.3 Å². The maximum atomic E-state index is 12.1. The molecule has 0 atom stereocenters. The normalized spacial score (nSPS) is 10.1. The molecule has 0 aliphatic rings. The first-order valence-electron chi connectivity index (χ1n) is 11.2. The third kappa shape index (κ3) is 12.9. The van der Waals surface area contributed by atoms with Gasteiger partial charge in [0, 0.05) is 27.9 Å². The number of phenolic OH excluding ortho intramolecular Hbond substituents is 1. The van der Waals surface area contributed by atoms with Gasteiger partial charge in [-0.1, -0.05) is 30.3 Å². The smallest absolute Gasteiger partial charge is 0.744 e. The number of nitrogens with one attached hydrogen (secondary N) is 1. The van der Waals surface area contributed by atoms with Crippen LogP contribution in [0.25, 0.3) is 21.5 Å². The molecule has 0 aliphatic heterocycles. The van der Waals surface area contributed by atoms with Crippen LogP contribution in [-0.4, -0.2) is 43.3 Å². The van der Waals surface area contributed by atoms with E-state index >= 15 is 0 Å². The molecule has 0 bridgehead atoms. The molecule has 0 heterocycles. The number of nitrogens with zero attached hydrogens (tertiary/aromatic N) is 2. The van der Waals surface area contributed by atoms with E-state index in [0.29, 0.717) is 33.2 Å². The fraction of sp³-hybridized carbons (Fsp3) is 0. The minimum Gasteiger partial charge on any atom is -0.744 e. The zero-order valence-electron chi connectivity index (χ0n) is 23.8. The van der Waals surface area contributed by atoms with Crippen LogP contribution in [0.1, 0.15) is 0 Å². The number of anilines is 2. The summed E-state index contributed by atoms with van der Waals surface area (Å²) in [5.74, 6) is 0.00690. The zero-order valence-corrected chi connectivity index (χ0v) is 32.3. The van der Waals surface area contributed by atoms with Crippen molar-refractivity contribution < 1.29 is 132 Å². The first-order chi connectivity index (χ1) is 19.9. The van der Waals surface area contributed by atoms with Gasteiger partial charge in [-0.3, -0.25) is 0 Å². The predicted molar refractivity (Wildman–Crippen MR) is 148 cm³/mol. The molecule has 0 saturated carbocycles. The van der Waals surface area contributed by atoms with E-state index in [2.05, 4.69) is 27.7 Å². The van der Waals surface area contributed by atoms with Crippen LogP contribution in [0.2, 0.25) is 0 Å². The van der Waals surface area contributed by atoms with Crippen LogP contribution in [-0.2, 0) is 31.3 Å². The summed E-state index contributed by atoms with van der Waals surface area (Å²) in [4.78, 5) is -0.354. The molecule has 0 radical (unpaired) electrons. The van der Waals surface area contributed by atoms with Crippen molar-refractivity contribution in [3.05, 3.63) is 97.1 Å². The number of aromatic hydroxyl groups is 1. The maximum Gasteiger partial charge on any atom is 1.00 e. The largest absolute Gasteiger partial charge is 1.00 e. The number of fused-ring (bicyclic) bond motifs is 2. The minimum atomic E-state index is -4.77. The topological polar surface area (TPSA) is 217 Å². The quantitative estimate of drug-likeness (QED) is 0.0772. The molecule has 0 unspecified atom stereocenters. The molecule has 5 aromatic rings. The number of rotatable bonds is 5. The summed E-state index contributed by atoms with van der Waals surface area (Å²) in [6, 6.07) is 29.2. The summed E-state index contributed by atoms with van der Waals surface area (Å²) in [6.07, 6.45) is 0. The van der Waals surface area contributed by atoms with Gasteiger partial charge in [-0.25, -0.2) is 13.5 Å². The Hall–Kier alpha value is -2.03. The average molecular weight is 696 g/mol. The zero-order chi connectivity index (χ0) is 30.9. The minimum absolute atomic E-state index is 0. The number of azo groups is 1. The van der Waals surface area contributed by atoms with Crippen molar-refractivity contribution in [2.45, 2.75) is 4.90 Å². The Morgan fingerprint density at radius 3 is 1.82 bits per heavy atom. The summed E-state index contributed by atoms with van der Waals surface area (Å²) in [5, 5.41) is 23.9. The second-order valence-electron chi connectivity index (χ2n) is 7.88. The molecule has 216 valence electrons. The van der Waals surface area contributed by atoms with E-state index in [0.717, 1.165) is 5.69 Å². The average Bonchev–Trinajstić information content (AvgIpc) is 2.92. The van der Waals surface area contributed by atoms with Gasteiger partial charge in [0.25, 0.3) is 0 Å². The van der Waals surface area contributed by atoms with Gasteiger partial charge in [0.05, 0.1) is 10.6 Å². The Labute approximate surface area is 326 Å². The fourth-order valence-corrected chi connectivity index (χ4v) is 4.51. The van der Waals surface area contributed by atoms with Crippen molar-refractivity contribution in [3.8, 4) is 5.75 Å². The van der Waals surface area contributed by atoms with Crippen LogP contribution in [0.15, 0.2) is 100 Å². The molecule has 0 spiro atoms. The van der Waals surface area contributed by atoms with E-state index < -0.39 is 31.3 Å². The molecule has 2 N–H and O–H groups in total. The molecule has 5 aromatic carbocycles. The summed E-state index contributed by atoms with van der Waals surface area (Å²) in [5.41, 5.74) is 1.92. The number of hydrogen-bond acceptors (Lipinski definition) is 13. The number of hydrogen-bond donors (Lipinski definition) is 2. The molecule has 5 rings (SSSR count). The first kappa shape index (κ1) is 43.0. The Bertz CT molecular complexity index is 2090. The van der Waals surface area contributed by atoms with E-state index in [4.69, 9.17) is 25.3 Å². The fourth-order valence-electron chi connectivity index (χ4n) is 3.80. The Morgan fingerprint density at radius 2 is 1.24 bits per heavy atom. The Kier molecular flexibility index (Phi) is 19.3. The molecule has 0 saturated heterocycles. The third-order valence-electron chi connectivity index (χ3n) is 5.29. The summed E-state index contributed by atoms with van der Waals surface area (Å²) in [7, 11) is -11.0. The van der Waals surface area contributed by atoms with Gasteiger partial charge >= 0.3 is 110 Å². The van der Waals surface area contributed by atoms with Gasteiger partial charge in [0.1, 0.15) is 10.1 Å². The van der Waals surface area contributed by atoms with Crippen LogP contribution in [0, 0.1) is 12.1 Å². The first-order valence-corrected chi connectivity index (χ1v) is 14.6. The second kappa shape index (κ2) is 20.3. The van der Waals surface area contributed by atoms with Crippen LogP contribution >= 0.6 is 0 Å². The third-order valence-corrected chi connectivity index (χ3v) is 6.16. The molecule has 19 heteroatoms. The molecule has 13 nitrogen and oxygen atoms in total. The number of phenols is 1. The monoisotopic (exact) mass is 695 g/mol. The van der Waals surface area contributed by atoms with Crippen LogP contribution in [0.5, 0.6) is 5.75 Å². The summed E-state index contributed by atoms with van der Waals surface area (Å²) >= 11 is 0. The van der Waals surface area contributed by atoms with Gasteiger partial charge in [-0.05, 0) is 36.0 Å². The van der Waals surface area contributed by atoms with E-state index in [-0.39, 0.29) is 105 Å². The van der Waals surface area contributed by atoms with Crippen molar-refractivity contribution in [1.82, 2.24) is 0 Å². The van der Waals surface area contributed by atoms with Gasteiger partial charge in [-0.2, -0.15) is 35.4 Å². The van der Waals surface area contributed by atoms with Gasteiger partial charge in [0.2, 0.25) is 0 Å². The predicted octanol–water partition coefficient (Wildman–Crippen LogP) is -4.63. The molecule has 45 heavy (non-hydrogen) atoms. The standard InChI is InChI=1S/C26H17N3O4S.3Na.2O3S/c30-23-13-5-8-17-7-4-12-22(25(17)23)29-28-20-15-16-21(27-18-9-2-1-3-10-18)26-19(20)11-6-14-24(26)34(31,32)33;;;;2*1-4(2)3/h1-3,6-16,27,30H,(H,31,32,33);;;;;/q-2;3*+1;;/p-1. The van der Waals surface area contributed by atoms with Crippen molar-refractivity contribution in [2.24, 2.45) is 10.2 Å².